The topological polar surface area (TPSA) is 73.6 Å². The zero-order valence-electron chi connectivity index (χ0n) is 10.5. The van der Waals surface area contributed by atoms with Crippen LogP contribution in [-0.2, 0) is 0 Å². The van der Waals surface area contributed by atoms with Crippen molar-refractivity contribution in [1.29, 1.82) is 5.26 Å². The van der Waals surface area contributed by atoms with E-state index >= 15 is 0 Å². The van der Waals surface area contributed by atoms with E-state index in [-0.39, 0.29) is 0 Å². The molecule has 96 valence electrons. The molecule has 3 rings (SSSR count). The van der Waals surface area contributed by atoms with Crippen LogP contribution in [0.5, 0.6) is 0 Å². The molecule has 0 fully saturated rings. The smallest absolute Gasteiger partial charge is 0.182 e. The van der Waals surface area contributed by atoms with E-state index in [9.17, 15) is 0 Å². The molecule has 2 aromatic carbocycles. The molecule has 1 aromatic heterocycles. The fraction of sp³-hybridized carbons (Fsp3) is 0. The van der Waals surface area contributed by atoms with Gasteiger partial charge in [0.15, 0.2) is 6.19 Å². The lowest BCUT2D eigenvalue weighted by Gasteiger charge is -2.07. The Bertz CT molecular complexity index is 791. The van der Waals surface area contributed by atoms with Crippen molar-refractivity contribution in [3.8, 4) is 6.19 Å². The molecule has 1 heterocycles. The predicted molar refractivity (Wildman–Crippen MR) is 78.5 cm³/mol. The number of fused-ring (bicyclic) bond motifs is 1. The molecule has 0 bridgehead atoms. The highest BCUT2D eigenvalue weighted by molar-refractivity contribution is 5.86. The van der Waals surface area contributed by atoms with Crippen LogP contribution in [0.25, 0.3) is 10.8 Å². The monoisotopic (exact) mass is 261 g/mol. The van der Waals surface area contributed by atoms with Crippen molar-refractivity contribution in [1.82, 2.24) is 9.97 Å². The van der Waals surface area contributed by atoms with Gasteiger partial charge < -0.3 is 5.32 Å². The van der Waals surface area contributed by atoms with Gasteiger partial charge in [0.05, 0.1) is 0 Å². The molecule has 0 aliphatic carbocycles. The molecule has 0 saturated heterocycles. The molecule has 5 nitrogen and oxygen atoms in total. The minimum absolute atomic E-state index is 0.464. The first kappa shape index (κ1) is 11.9. The van der Waals surface area contributed by atoms with Crippen molar-refractivity contribution in [2.45, 2.75) is 0 Å². The number of hydrogen-bond acceptors (Lipinski definition) is 5. The first-order valence-corrected chi connectivity index (χ1v) is 6.08. The Morgan fingerprint density at radius 3 is 2.55 bits per heavy atom. The van der Waals surface area contributed by atoms with Gasteiger partial charge in [0, 0.05) is 11.8 Å². The summed E-state index contributed by atoms with van der Waals surface area (Å²) in [7, 11) is 0. The van der Waals surface area contributed by atoms with Crippen molar-refractivity contribution in [2.24, 2.45) is 0 Å². The van der Waals surface area contributed by atoms with Gasteiger partial charge in [-0.3, -0.25) is 5.32 Å². The van der Waals surface area contributed by atoms with E-state index in [0.29, 0.717) is 11.6 Å². The number of nitrogens with one attached hydrogen (secondary N) is 2. The Balaban J connectivity index is 1.89. The van der Waals surface area contributed by atoms with Gasteiger partial charge in [0.1, 0.15) is 18.0 Å². The van der Waals surface area contributed by atoms with E-state index in [1.54, 1.807) is 6.07 Å². The molecule has 5 heteroatoms. The van der Waals surface area contributed by atoms with Crippen LogP contribution in [0.1, 0.15) is 0 Å². The molecule has 20 heavy (non-hydrogen) atoms. The highest BCUT2D eigenvalue weighted by atomic mass is 15.1. The zero-order valence-corrected chi connectivity index (χ0v) is 10.5. The van der Waals surface area contributed by atoms with Crippen LogP contribution in [0.3, 0.4) is 0 Å². The number of nitrogens with zero attached hydrogens (tertiary/aromatic N) is 3. The van der Waals surface area contributed by atoms with Gasteiger partial charge in [-0.25, -0.2) is 9.97 Å². The lowest BCUT2D eigenvalue weighted by molar-refractivity contribution is 1.17. The van der Waals surface area contributed by atoms with Crippen molar-refractivity contribution < 1.29 is 0 Å². The lowest BCUT2D eigenvalue weighted by Crippen LogP contribution is -1.97. The molecule has 2 N–H and O–H groups in total. The van der Waals surface area contributed by atoms with Crippen LogP contribution in [0, 0.1) is 11.5 Å². The summed E-state index contributed by atoms with van der Waals surface area (Å²) in [5.74, 6) is 1.10. The predicted octanol–water partition coefficient (Wildman–Crippen LogP) is 3.27. The lowest BCUT2D eigenvalue weighted by atomic mass is 10.1. The molecular weight excluding hydrogens is 250 g/mol. The van der Waals surface area contributed by atoms with Gasteiger partial charge in [0.25, 0.3) is 0 Å². The van der Waals surface area contributed by atoms with Gasteiger partial charge in [-0.2, -0.15) is 5.26 Å². The summed E-state index contributed by atoms with van der Waals surface area (Å²) < 4.78 is 0. The van der Waals surface area contributed by atoms with E-state index in [2.05, 4.69) is 38.8 Å². The number of hydrogen-bond donors (Lipinski definition) is 2. The molecule has 0 aliphatic heterocycles. The maximum absolute atomic E-state index is 8.58. The van der Waals surface area contributed by atoms with E-state index in [4.69, 9.17) is 5.26 Å². The first-order valence-electron chi connectivity index (χ1n) is 6.08. The van der Waals surface area contributed by atoms with Gasteiger partial charge in [0.2, 0.25) is 0 Å². The standard InChI is InChI=1S/C15H11N5/c16-9-17-14-8-15(19-10-18-14)20-13-6-5-11-3-1-2-4-12(11)7-13/h1-8,10H,(H2,17,18,19,20). The zero-order chi connectivity index (χ0) is 13.8. The summed E-state index contributed by atoms with van der Waals surface area (Å²) in [4.78, 5) is 8.06. The van der Waals surface area contributed by atoms with Gasteiger partial charge in [-0.1, -0.05) is 30.3 Å². The summed E-state index contributed by atoms with van der Waals surface area (Å²) in [6.07, 6.45) is 3.24. The quantitative estimate of drug-likeness (QED) is 0.559. The molecule has 0 unspecified atom stereocenters. The van der Waals surface area contributed by atoms with Crippen LogP contribution >= 0.6 is 0 Å². The minimum Gasteiger partial charge on any atom is -0.340 e. The Hall–Kier alpha value is -3.13. The maximum Gasteiger partial charge on any atom is 0.182 e. The first-order chi connectivity index (χ1) is 9.85. The van der Waals surface area contributed by atoms with E-state index in [1.807, 2.05) is 30.5 Å². The molecular formula is C15H11N5. The summed E-state index contributed by atoms with van der Waals surface area (Å²) in [6.45, 7) is 0. The largest absolute Gasteiger partial charge is 0.340 e. The van der Waals surface area contributed by atoms with Crippen molar-refractivity contribution in [2.75, 3.05) is 10.6 Å². The van der Waals surface area contributed by atoms with E-state index in [0.717, 1.165) is 11.1 Å². The molecule has 0 amide bonds. The summed E-state index contributed by atoms with van der Waals surface area (Å²) in [6, 6.07) is 15.9. The number of benzene rings is 2. The Morgan fingerprint density at radius 2 is 1.70 bits per heavy atom. The SMILES string of the molecule is N#CNc1cc(Nc2ccc3ccccc3c2)ncn1. The second-order valence-electron chi connectivity index (χ2n) is 4.21. The Kier molecular flexibility index (Phi) is 3.13. The minimum atomic E-state index is 0.464. The molecule has 3 aromatic rings. The van der Waals surface area contributed by atoms with Crippen molar-refractivity contribution >= 4 is 28.1 Å². The highest BCUT2D eigenvalue weighted by Gasteiger charge is 2.00. The van der Waals surface area contributed by atoms with Gasteiger partial charge in [-0.05, 0) is 22.9 Å². The van der Waals surface area contributed by atoms with E-state index < -0.39 is 0 Å². The van der Waals surface area contributed by atoms with Crippen LogP contribution in [0.2, 0.25) is 0 Å². The van der Waals surface area contributed by atoms with E-state index in [1.165, 1.54) is 11.7 Å². The Labute approximate surface area is 115 Å². The normalized spacial score (nSPS) is 9.95. The van der Waals surface area contributed by atoms with Crippen LogP contribution < -0.4 is 10.6 Å². The molecule has 0 atom stereocenters. The molecule has 0 radical (unpaired) electrons. The third-order valence-corrected chi connectivity index (χ3v) is 2.87. The number of anilines is 3. The number of rotatable bonds is 3. The summed E-state index contributed by atoms with van der Waals surface area (Å²) in [5.41, 5.74) is 0.935. The summed E-state index contributed by atoms with van der Waals surface area (Å²) >= 11 is 0. The third kappa shape index (κ3) is 2.49. The molecule has 0 spiro atoms. The van der Waals surface area contributed by atoms with Crippen LogP contribution in [-0.4, -0.2) is 9.97 Å². The van der Waals surface area contributed by atoms with Gasteiger partial charge >= 0.3 is 0 Å². The summed E-state index contributed by atoms with van der Waals surface area (Å²) in [5, 5.41) is 16.6. The molecule has 0 aliphatic rings. The highest BCUT2D eigenvalue weighted by Crippen LogP contribution is 2.21. The fourth-order valence-electron chi connectivity index (χ4n) is 1.97. The number of nitriles is 1. The van der Waals surface area contributed by atoms with Crippen molar-refractivity contribution in [3.63, 3.8) is 0 Å². The van der Waals surface area contributed by atoms with Crippen LogP contribution in [0.4, 0.5) is 17.3 Å². The number of aromatic nitrogens is 2. The average Bonchev–Trinajstić information content (AvgIpc) is 2.48. The second kappa shape index (κ2) is 5.24. The average molecular weight is 261 g/mol. The third-order valence-electron chi connectivity index (χ3n) is 2.87. The molecule has 0 saturated carbocycles. The van der Waals surface area contributed by atoms with Crippen LogP contribution in [0.15, 0.2) is 54.9 Å². The maximum atomic E-state index is 8.58. The van der Waals surface area contributed by atoms with Crippen molar-refractivity contribution in [3.05, 3.63) is 54.9 Å². The fourth-order valence-corrected chi connectivity index (χ4v) is 1.97. The van der Waals surface area contributed by atoms with Gasteiger partial charge in [-0.15, -0.1) is 0 Å². The second-order valence-corrected chi connectivity index (χ2v) is 4.21. The Morgan fingerprint density at radius 1 is 0.900 bits per heavy atom.